The number of fused-ring (bicyclic) bond motifs is 1. The molecule has 4 aromatic rings. The van der Waals surface area contributed by atoms with E-state index < -0.39 is 5.97 Å². The van der Waals surface area contributed by atoms with Gasteiger partial charge in [-0.05, 0) is 66.6 Å². The van der Waals surface area contributed by atoms with Crippen LogP contribution >= 0.6 is 0 Å². The van der Waals surface area contributed by atoms with Gasteiger partial charge in [0.25, 0.3) is 0 Å². The Hall–Kier alpha value is -4.11. The van der Waals surface area contributed by atoms with Crippen molar-refractivity contribution in [1.82, 2.24) is 9.38 Å². The smallest absolute Gasteiger partial charge is 0.304 e. The number of hydrogen-bond donors (Lipinski definition) is 1. The normalized spacial score (nSPS) is 11.6. The molecule has 0 amide bonds. The van der Waals surface area contributed by atoms with Gasteiger partial charge in [-0.25, -0.2) is 9.37 Å². The van der Waals surface area contributed by atoms with E-state index in [0.717, 1.165) is 28.0 Å². The first-order chi connectivity index (χ1) is 15.5. The summed E-state index contributed by atoms with van der Waals surface area (Å²) in [5.41, 5.74) is 4.20. The fourth-order valence-corrected chi connectivity index (χ4v) is 3.44. The van der Waals surface area contributed by atoms with Crippen molar-refractivity contribution >= 4 is 11.6 Å². The molecule has 1 unspecified atom stereocenters. The number of aromatic nitrogens is 2. The molecule has 2 aromatic carbocycles. The minimum absolute atomic E-state index is 0.0364. The number of rotatable bonds is 7. The molecule has 0 saturated carbocycles. The number of carbonyl (C=O) groups is 1. The number of hydrogen-bond acceptors (Lipinski definition) is 3. The molecule has 0 saturated heterocycles. The zero-order chi connectivity index (χ0) is 22.5. The third-order valence-electron chi connectivity index (χ3n) is 5.05. The molecule has 2 aromatic heterocycles. The molecule has 0 spiro atoms. The zero-order valence-electron chi connectivity index (χ0n) is 17.5. The molecule has 5 nitrogen and oxygen atoms in total. The summed E-state index contributed by atoms with van der Waals surface area (Å²) in [6, 6.07) is 17.5. The number of ether oxygens (including phenoxy) is 1. The molecule has 0 aliphatic heterocycles. The third kappa shape index (κ3) is 4.96. The summed E-state index contributed by atoms with van der Waals surface area (Å²) in [5, 5.41) is 9.07. The molecular formula is C26H21FN2O3. The Bertz CT molecular complexity index is 1300. The maximum absolute atomic E-state index is 13.2. The number of halogens is 1. The van der Waals surface area contributed by atoms with E-state index >= 15 is 0 Å². The maximum Gasteiger partial charge on any atom is 0.304 e. The molecule has 0 aliphatic rings. The van der Waals surface area contributed by atoms with Gasteiger partial charge < -0.3 is 14.2 Å². The Balaban J connectivity index is 1.45. The quantitative estimate of drug-likeness (QED) is 0.406. The molecule has 0 fully saturated rings. The summed E-state index contributed by atoms with van der Waals surface area (Å²) in [7, 11) is 0. The Morgan fingerprint density at radius 3 is 2.59 bits per heavy atom. The van der Waals surface area contributed by atoms with E-state index in [1.807, 2.05) is 53.2 Å². The first kappa shape index (κ1) is 21.1. The van der Waals surface area contributed by atoms with Crippen molar-refractivity contribution in [3.05, 3.63) is 90.0 Å². The molecular weight excluding hydrogens is 407 g/mol. The van der Waals surface area contributed by atoms with Crippen LogP contribution in [0.4, 0.5) is 4.39 Å². The monoisotopic (exact) mass is 428 g/mol. The highest BCUT2D eigenvalue weighted by atomic mass is 19.1. The lowest BCUT2D eigenvalue weighted by Gasteiger charge is -2.11. The van der Waals surface area contributed by atoms with Gasteiger partial charge in [0.05, 0.1) is 18.0 Å². The van der Waals surface area contributed by atoms with E-state index in [-0.39, 0.29) is 18.2 Å². The Kier molecular flexibility index (Phi) is 6.18. The van der Waals surface area contributed by atoms with Gasteiger partial charge in [0.15, 0.2) is 0 Å². The number of carboxylic acid groups (broad SMARTS) is 1. The largest absolute Gasteiger partial charge is 0.489 e. The maximum atomic E-state index is 13.2. The second kappa shape index (κ2) is 9.36. The highest BCUT2D eigenvalue weighted by Gasteiger charge is 2.13. The van der Waals surface area contributed by atoms with Crippen LogP contribution in [0.3, 0.4) is 0 Å². The van der Waals surface area contributed by atoms with Crippen LogP contribution in [0.2, 0.25) is 0 Å². The Morgan fingerprint density at radius 1 is 1.16 bits per heavy atom. The highest BCUT2D eigenvalue weighted by Crippen LogP contribution is 2.23. The summed E-state index contributed by atoms with van der Waals surface area (Å²) >= 11 is 0. The van der Waals surface area contributed by atoms with Gasteiger partial charge in [-0.3, -0.25) is 4.79 Å². The van der Waals surface area contributed by atoms with Crippen LogP contribution in [-0.2, 0) is 11.4 Å². The first-order valence-electron chi connectivity index (χ1n) is 10.1. The summed E-state index contributed by atoms with van der Waals surface area (Å²) in [6.07, 6.45) is 3.78. The second-order valence-electron chi connectivity index (χ2n) is 7.34. The average Bonchev–Trinajstić information content (AvgIpc) is 3.21. The van der Waals surface area contributed by atoms with Gasteiger partial charge in [0.1, 0.15) is 23.8 Å². The molecule has 1 N–H and O–H groups in total. The van der Waals surface area contributed by atoms with Crippen molar-refractivity contribution in [2.45, 2.75) is 25.9 Å². The molecule has 32 heavy (non-hydrogen) atoms. The minimum atomic E-state index is -0.880. The SMILES string of the molecule is CC#CC(CC(=O)O)c1ccc(OCc2ccn3cc(-c4ccc(F)cc4)nc3c2)cc1. The predicted molar refractivity (Wildman–Crippen MR) is 120 cm³/mol. The van der Waals surface area contributed by atoms with Crippen molar-refractivity contribution in [1.29, 1.82) is 0 Å². The van der Waals surface area contributed by atoms with Gasteiger partial charge in [0, 0.05) is 18.0 Å². The average molecular weight is 428 g/mol. The van der Waals surface area contributed by atoms with Crippen LogP contribution in [0, 0.1) is 17.7 Å². The number of nitrogens with zero attached hydrogens (tertiary/aromatic N) is 2. The lowest BCUT2D eigenvalue weighted by Crippen LogP contribution is -2.04. The number of imidazole rings is 1. The predicted octanol–water partition coefficient (Wildman–Crippen LogP) is 5.30. The van der Waals surface area contributed by atoms with Gasteiger partial charge >= 0.3 is 5.97 Å². The van der Waals surface area contributed by atoms with Crippen molar-refractivity contribution in [3.63, 3.8) is 0 Å². The van der Waals surface area contributed by atoms with Crippen molar-refractivity contribution < 1.29 is 19.0 Å². The summed E-state index contributed by atoms with van der Waals surface area (Å²) in [5.74, 6) is 4.92. The molecule has 0 bridgehead atoms. The minimum Gasteiger partial charge on any atom is -0.489 e. The van der Waals surface area contributed by atoms with Crippen LogP contribution in [0.25, 0.3) is 16.9 Å². The summed E-state index contributed by atoms with van der Waals surface area (Å²) in [4.78, 5) is 15.7. The molecule has 1 atom stereocenters. The fourth-order valence-electron chi connectivity index (χ4n) is 3.44. The van der Waals surface area contributed by atoms with E-state index in [1.165, 1.54) is 12.1 Å². The van der Waals surface area contributed by atoms with Crippen LogP contribution in [0.5, 0.6) is 5.75 Å². The Morgan fingerprint density at radius 2 is 1.91 bits per heavy atom. The molecule has 0 aliphatic carbocycles. The number of aliphatic carboxylic acids is 1. The van der Waals surface area contributed by atoms with Crippen LogP contribution in [0.15, 0.2) is 73.1 Å². The van der Waals surface area contributed by atoms with Crippen molar-refractivity contribution in [3.8, 4) is 28.8 Å². The standard InChI is InChI=1S/C26H21FN2O3/c1-2-3-21(15-26(30)31)19-6-10-23(11-7-19)32-17-18-12-13-29-16-24(28-25(29)14-18)20-4-8-22(27)9-5-20/h4-14,16,21H,15,17H2,1H3,(H,30,31). The second-order valence-corrected chi connectivity index (χ2v) is 7.34. The lowest BCUT2D eigenvalue weighted by atomic mass is 9.96. The number of carboxylic acids is 1. The zero-order valence-corrected chi connectivity index (χ0v) is 17.5. The van der Waals surface area contributed by atoms with Crippen molar-refractivity contribution in [2.24, 2.45) is 0 Å². The van der Waals surface area contributed by atoms with E-state index in [0.29, 0.717) is 12.4 Å². The van der Waals surface area contributed by atoms with E-state index in [2.05, 4.69) is 16.8 Å². The van der Waals surface area contributed by atoms with Crippen LogP contribution < -0.4 is 4.74 Å². The lowest BCUT2D eigenvalue weighted by molar-refractivity contribution is -0.137. The third-order valence-corrected chi connectivity index (χ3v) is 5.05. The summed E-state index contributed by atoms with van der Waals surface area (Å²) < 4.78 is 21.0. The van der Waals surface area contributed by atoms with Gasteiger partial charge in [-0.1, -0.05) is 18.1 Å². The van der Waals surface area contributed by atoms with Crippen molar-refractivity contribution in [2.75, 3.05) is 0 Å². The first-order valence-corrected chi connectivity index (χ1v) is 10.1. The number of pyridine rings is 1. The van der Waals surface area contributed by atoms with Crippen LogP contribution in [-0.4, -0.2) is 20.5 Å². The fraction of sp³-hybridized carbons (Fsp3) is 0.154. The van der Waals surface area contributed by atoms with E-state index in [9.17, 15) is 9.18 Å². The molecule has 4 rings (SSSR count). The van der Waals surface area contributed by atoms with Crippen LogP contribution in [0.1, 0.15) is 30.4 Å². The topological polar surface area (TPSA) is 63.8 Å². The number of benzene rings is 2. The molecule has 6 heteroatoms. The highest BCUT2D eigenvalue weighted by molar-refractivity contribution is 5.69. The Labute approximate surface area is 185 Å². The molecule has 2 heterocycles. The van der Waals surface area contributed by atoms with Gasteiger partial charge in [-0.2, -0.15) is 0 Å². The van der Waals surface area contributed by atoms with E-state index in [1.54, 1.807) is 19.1 Å². The summed E-state index contributed by atoms with van der Waals surface area (Å²) in [6.45, 7) is 2.06. The van der Waals surface area contributed by atoms with E-state index in [4.69, 9.17) is 9.84 Å². The van der Waals surface area contributed by atoms with Gasteiger partial charge in [-0.15, -0.1) is 5.92 Å². The molecule has 0 radical (unpaired) electrons. The molecule has 160 valence electrons. The van der Waals surface area contributed by atoms with Gasteiger partial charge in [0.2, 0.25) is 0 Å².